The number of nitrogens with one attached hydrogen (secondary N) is 2. The molecule has 0 aromatic heterocycles. The van der Waals surface area contributed by atoms with Crippen LogP contribution in [0.15, 0.2) is 0 Å². The van der Waals surface area contributed by atoms with Crippen molar-refractivity contribution in [3.63, 3.8) is 0 Å². The van der Waals surface area contributed by atoms with E-state index in [9.17, 15) is 28.8 Å². The molecule has 0 bridgehead atoms. The third-order valence-electron chi connectivity index (χ3n) is 3.34. The zero-order valence-electron chi connectivity index (χ0n) is 14.3. The summed E-state index contributed by atoms with van der Waals surface area (Å²) in [5, 5.41) is 21.9. The molecule has 13 heteroatoms. The Hall–Kier alpha value is -3.22. The van der Waals surface area contributed by atoms with Crippen LogP contribution in [0.2, 0.25) is 0 Å². The summed E-state index contributed by atoms with van der Waals surface area (Å²) in [5.74, 6) is -6.35. The van der Waals surface area contributed by atoms with Crippen molar-refractivity contribution in [3.8, 4) is 0 Å². The molecule has 0 saturated heterocycles. The molecular weight excluding hydrogens is 366 g/mol. The summed E-state index contributed by atoms with van der Waals surface area (Å²) in [6.45, 7) is 0. The maximum atomic E-state index is 12.2. The highest BCUT2D eigenvalue weighted by atomic mass is 16.4. The van der Waals surface area contributed by atoms with Gasteiger partial charge in [-0.3, -0.25) is 24.0 Å². The summed E-state index contributed by atoms with van der Waals surface area (Å²) in [5.41, 5.74) is 15.4. The smallest absolute Gasteiger partial charge is 0.326 e. The maximum Gasteiger partial charge on any atom is 0.326 e. The van der Waals surface area contributed by atoms with Gasteiger partial charge in [0, 0.05) is 12.8 Å². The van der Waals surface area contributed by atoms with Crippen LogP contribution in [-0.4, -0.2) is 63.9 Å². The second-order valence-electron chi connectivity index (χ2n) is 5.67. The number of hydrogen-bond acceptors (Lipinski definition) is 7. The van der Waals surface area contributed by atoms with E-state index in [1.165, 1.54) is 0 Å². The summed E-state index contributed by atoms with van der Waals surface area (Å²) in [4.78, 5) is 67.6. The lowest BCUT2D eigenvalue weighted by molar-refractivity contribution is -0.144. The average molecular weight is 389 g/mol. The summed E-state index contributed by atoms with van der Waals surface area (Å²) >= 11 is 0. The molecule has 0 saturated carbocycles. The van der Waals surface area contributed by atoms with E-state index in [0.717, 1.165) is 0 Å². The minimum atomic E-state index is -1.65. The second kappa shape index (κ2) is 11.4. The Labute approximate surface area is 153 Å². The van der Waals surface area contributed by atoms with E-state index in [4.69, 9.17) is 27.4 Å². The van der Waals surface area contributed by atoms with Gasteiger partial charge < -0.3 is 38.0 Å². The number of nitrogens with two attached hydrogens (primary N) is 3. The van der Waals surface area contributed by atoms with Crippen LogP contribution in [0.1, 0.15) is 32.1 Å². The monoisotopic (exact) mass is 389 g/mol. The van der Waals surface area contributed by atoms with E-state index in [1.807, 2.05) is 5.32 Å². The van der Waals surface area contributed by atoms with Crippen LogP contribution >= 0.6 is 0 Å². The van der Waals surface area contributed by atoms with Crippen LogP contribution in [0.4, 0.5) is 0 Å². The Morgan fingerprint density at radius 2 is 1.33 bits per heavy atom. The number of hydrogen-bond donors (Lipinski definition) is 7. The summed E-state index contributed by atoms with van der Waals surface area (Å²) in [7, 11) is 0. The van der Waals surface area contributed by atoms with Gasteiger partial charge in [-0.15, -0.1) is 0 Å². The van der Waals surface area contributed by atoms with Crippen molar-refractivity contribution < 1.29 is 39.0 Å². The molecule has 0 fully saturated rings. The van der Waals surface area contributed by atoms with Gasteiger partial charge in [0.15, 0.2) is 0 Å². The largest absolute Gasteiger partial charge is 0.481 e. The topological polar surface area (TPSA) is 245 Å². The Balaban J connectivity index is 5.09. The third kappa shape index (κ3) is 10.4. The fourth-order valence-corrected chi connectivity index (χ4v) is 1.92. The maximum absolute atomic E-state index is 12.2. The van der Waals surface area contributed by atoms with Crippen LogP contribution in [0.25, 0.3) is 0 Å². The summed E-state index contributed by atoms with van der Waals surface area (Å²) in [6.07, 6.45) is -1.85. The van der Waals surface area contributed by atoms with Crippen LogP contribution < -0.4 is 27.8 Å². The average Bonchev–Trinajstić information content (AvgIpc) is 2.54. The van der Waals surface area contributed by atoms with E-state index in [-0.39, 0.29) is 19.3 Å². The van der Waals surface area contributed by atoms with Gasteiger partial charge in [0.05, 0.1) is 12.5 Å². The van der Waals surface area contributed by atoms with Crippen molar-refractivity contribution in [3.05, 3.63) is 0 Å². The predicted molar refractivity (Wildman–Crippen MR) is 88.6 cm³/mol. The van der Waals surface area contributed by atoms with E-state index >= 15 is 0 Å². The van der Waals surface area contributed by atoms with Gasteiger partial charge in [-0.25, -0.2) is 4.79 Å². The molecule has 0 spiro atoms. The van der Waals surface area contributed by atoms with Crippen molar-refractivity contribution in [2.24, 2.45) is 17.2 Å². The molecule has 152 valence electrons. The molecule has 0 aliphatic heterocycles. The number of carboxylic acid groups (broad SMARTS) is 2. The first-order valence-corrected chi connectivity index (χ1v) is 7.81. The first-order chi connectivity index (χ1) is 12.4. The number of carbonyl (C=O) groups is 6. The number of aliphatic carboxylic acids is 2. The molecule has 0 aromatic carbocycles. The summed E-state index contributed by atoms with van der Waals surface area (Å²) in [6, 6.07) is -4.27. The minimum absolute atomic E-state index is 0.103. The minimum Gasteiger partial charge on any atom is -0.481 e. The molecule has 3 unspecified atom stereocenters. The van der Waals surface area contributed by atoms with E-state index in [2.05, 4.69) is 5.32 Å². The van der Waals surface area contributed by atoms with Crippen molar-refractivity contribution in [1.82, 2.24) is 10.6 Å². The number of carboxylic acids is 2. The van der Waals surface area contributed by atoms with Gasteiger partial charge in [-0.05, 0) is 12.8 Å². The van der Waals surface area contributed by atoms with Gasteiger partial charge >= 0.3 is 11.9 Å². The second-order valence-corrected chi connectivity index (χ2v) is 5.67. The first-order valence-electron chi connectivity index (χ1n) is 7.81. The standard InChI is InChI=1S/C14H23N5O8/c15-6(1-3-9(16)20)12(24)18-7(2-4-11(22)23)13(25)19-8(14(26)27)5-10(17)21/h6-8H,1-5,15H2,(H2,16,20)(H2,17,21)(H,18,24)(H,19,25)(H,22,23)(H,26,27). The van der Waals surface area contributed by atoms with Gasteiger partial charge in [0.2, 0.25) is 23.6 Å². The predicted octanol–water partition coefficient (Wildman–Crippen LogP) is -3.63. The molecule has 0 heterocycles. The normalized spacial score (nSPS) is 13.7. The molecule has 13 nitrogen and oxygen atoms in total. The lowest BCUT2D eigenvalue weighted by Gasteiger charge is -2.22. The Morgan fingerprint density at radius 3 is 1.78 bits per heavy atom. The van der Waals surface area contributed by atoms with Gasteiger partial charge in [0.25, 0.3) is 0 Å². The van der Waals surface area contributed by atoms with Crippen molar-refractivity contribution in [2.75, 3.05) is 0 Å². The molecular formula is C14H23N5O8. The molecule has 3 atom stereocenters. The lowest BCUT2D eigenvalue weighted by atomic mass is 10.1. The van der Waals surface area contributed by atoms with Gasteiger partial charge in [0.1, 0.15) is 12.1 Å². The van der Waals surface area contributed by atoms with Gasteiger partial charge in [-0.2, -0.15) is 0 Å². The number of carbonyl (C=O) groups excluding carboxylic acids is 4. The fourth-order valence-electron chi connectivity index (χ4n) is 1.92. The number of rotatable bonds is 13. The molecule has 10 N–H and O–H groups in total. The molecule has 0 aliphatic carbocycles. The Morgan fingerprint density at radius 1 is 0.778 bits per heavy atom. The SMILES string of the molecule is NC(=O)CCC(N)C(=O)NC(CCC(=O)O)C(=O)NC(CC(N)=O)C(=O)O. The molecule has 27 heavy (non-hydrogen) atoms. The van der Waals surface area contributed by atoms with E-state index in [0.29, 0.717) is 0 Å². The quantitative estimate of drug-likeness (QED) is 0.164. The highest BCUT2D eigenvalue weighted by molar-refractivity contribution is 5.93. The van der Waals surface area contributed by atoms with E-state index in [1.54, 1.807) is 0 Å². The third-order valence-corrected chi connectivity index (χ3v) is 3.34. The fraction of sp³-hybridized carbons (Fsp3) is 0.571. The van der Waals surface area contributed by atoms with Crippen LogP contribution in [-0.2, 0) is 28.8 Å². The van der Waals surface area contributed by atoms with Crippen molar-refractivity contribution >= 4 is 35.6 Å². The Kier molecular flexibility index (Phi) is 10.0. The molecule has 0 aliphatic rings. The highest BCUT2D eigenvalue weighted by Gasteiger charge is 2.29. The van der Waals surface area contributed by atoms with Crippen molar-refractivity contribution in [1.29, 1.82) is 0 Å². The van der Waals surface area contributed by atoms with Gasteiger partial charge in [-0.1, -0.05) is 0 Å². The molecule has 4 amide bonds. The Bertz CT molecular complexity index is 608. The molecule has 0 radical (unpaired) electrons. The zero-order chi connectivity index (χ0) is 21.1. The number of primary amides is 2. The number of amides is 4. The summed E-state index contributed by atoms with van der Waals surface area (Å²) < 4.78 is 0. The van der Waals surface area contributed by atoms with Crippen LogP contribution in [0.5, 0.6) is 0 Å². The van der Waals surface area contributed by atoms with Crippen LogP contribution in [0.3, 0.4) is 0 Å². The lowest BCUT2D eigenvalue weighted by Crippen LogP contribution is -2.55. The zero-order valence-corrected chi connectivity index (χ0v) is 14.3. The van der Waals surface area contributed by atoms with E-state index < -0.39 is 66.5 Å². The molecule has 0 rings (SSSR count). The first kappa shape index (κ1) is 23.8. The van der Waals surface area contributed by atoms with Crippen molar-refractivity contribution in [2.45, 2.75) is 50.2 Å². The highest BCUT2D eigenvalue weighted by Crippen LogP contribution is 2.03. The van der Waals surface area contributed by atoms with Crippen LogP contribution in [0, 0.1) is 0 Å². The molecule has 0 aromatic rings.